The zero-order valence-electron chi connectivity index (χ0n) is 17.1. The second-order valence-corrected chi connectivity index (χ2v) is 7.20. The fourth-order valence-electron chi connectivity index (χ4n) is 2.75. The van der Waals surface area contributed by atoms with Gasteiger partial charge in [0.05, 0.1) is 0 Å². The van der Waals surface area contributed by atoms with E-state index in [4.69, 9.17) is 12.2 Å². The molecule has 31 heavy (non-hydrogen) atoms. The summed E-state index contributed by atoms with van der Waals surface area (Å²) in [5.41, 5.74) is 3.21. The van der Waals surface area contributed by atoms with E-state index in [0.29, 0.717) is 30.6 Å². The Morgan fingerprint density at radius 1 is 0.903 bits per heavy atom. The first-order chi connectivity index (χ1) is 14.9. The molecule has 3 aromatic rings. The smallest absolute Gasteiger partial charge is 0.229 e. The number of hydrogen-bond acceptors (Lipinski definition) is 4. The van der Waals surface area contributed by atoms with Crippen LogP contribution in [0.5, 0.6) is 0 Å². The van der Waals surface area contributed by atoms with Crippen molar-refractivity contribution in [3.05, 3.63) is 83.2 Å². The molecule has 3 rings (SSSR count). The normalized spacial score (nSPS) is 11.2. The minimum Gasteiger partial charge on any atom is -0.332 e. The van der Waals surface area contributed by atoms with Crippen LogP contribution >= 0.6 is 12.2 Å². The topological polar surface area (TPSA) is 74.2 Å². The SMILES string of the molecule is Cc1cc(C)nc(NC(=NCCc2ccc(F)cc2)NC(=S)Nc2ccc(F)cc2)n1. The Kier molecular flexibility index (Phi) is 7.55. The van der Waals surface area contributed by atoms with Crippen molar-refractivity contribution < 1.29 is 8.78 Å². The highest BCUT2D eigenvalue weighted by Gasteiger charge is 2.07. The van der Waals surface area contributed by atoms with Gasteiger partial charge in [-0.25, -0.2) is 18.7 Å². The van der Waals surface area contributed by atoms with E-state index >= 15 is 0 Å². The predicted molar refractivity (Wildman–Crippen MR) is 123 cm³/mol. The lowest BCUT2D eigenvalue weighted by Gasteiger charge is -2.14. The highest BCUT2D eigenvalue weighted by molar-refractivity contribution is 7.80. The molecule has 0 amide bonds. The average Bonchev–Trinajstić information content (AvgIpc) is 2.70. The van der Waals surface area contributed by atoms with Crippen LogP contribution in [0.4, 0.5) is 20.4 Å². The van der Waals surface area contributed by atoms with Crippen molar-refractivity contribution >= 4 is 34.9 Å². The summed E-state index contributed by atoms with van der Waals surface area (Å²) in [7, 11) is 0. The number of nitrogens with one attached hydrogen (secondary N) is 3. The number of hydrogen-bond donors (Lipinski definition) is 3. The lowest BCUT2D eigenvalue weighted by molar-refractivity contribution is 0.627. The van der Waals surface area contributed by atoms with Gasteiger partial charge in [0.15, 0.2) is 5.11 Å². The molecule has 1 heterocycles. The maximum atomic E-state index is 13.1. The highest BCUT2D eigenvalue weighted by atomic mass is 32.1. The summed E-state index contributed by atoms with van der Waals surface area (Å²) < 4.78 is 26.2. The zero-order chi connectivity index (χ0) is 22.2. The number of aliphatic imine (C=N–C) groups is 1. The van der Waals surface area contributed by atoms with Crippen LogP contribution in [0.25, 0.3) is 0 Å². The molecule has 6 nitrogen and oxygen atoms in total. The standard InChI is InChI=1S/C22H22F2N6S/c1-14-13-15(2)27-21(26-14)29-20(25-12-11-16-3-5-17(23)6-4-16)30-22(31)28-19-9-7-18(24)8-10-19/h3-10,13H,11-12H2,1-2H3,(H3,25,26,27,28,29,30,31). The van der Waals surface area contributed by atoms with Crippen molar-refractivity contribution in [2.75, 3.05) is 17.2 Å². The molecule has 0 atom stereocenters. The summed E-state index contributed by atoms with van der Waals surface area (Å²) in [5, 5.41) is 9.28. The third-order valence-corrected chi connectivity index (χ3v) is 4.33. The van der Waals surface area contributed by atoms with Gasteiger partial charge in [-0.05, 0) is 80.5 Å². The molecule has 0 saturated heterocycles. The molecular formula is C22H22F2N6S. The molecule has 0 fully saturated rings. The van der Waals surface area contributed by atoms with Crippen LogP contribution in [-0.4, -0.2) is 27.6 Å². The van der Waals surface area contributed by atoms with Crippen LogP contribution in [0, 0.1) is 25.5 Å². The number of halogens is 2. The van der Waals surface area contributed by atoms with Gasteiger partial charge in [-0.3, -0.25) is 10.3 Å². The van der Waals surface area contributed by atoms with Gasteiger partial charge in [0, 0.05) is 23.6 Å². The zero-order valence-corrected chi connectivity index (χ0v) is 17.9. The Labute approximate surface area is 184 Å². The van der Waals surface area contributed by atoms with Crippen molar-refractivity contribution in [1.82, 2.24) is 15.3 Å². The Morgan fingerprint density at radius 2 is 1.48 bits per heavy atom. The van der Waals surface area contributed by atoms with Crippen molar-refractivity contribution in [3.8, 4) is 0 Å². The van der Waals surface area contributed by atoms with Gasteiger partial charge >= 0.3 is 0 Å². The quantitative estimate of drug-likeness (QED) is 0.311. The van der Waals surface area contributed by atoms with Gasteiger partial charge in [0.25, 0.3) is 0 Å². The van der Waals surface area contributed by atoms with Crippen LogP contribution in [0.3, 0.4) is 0 Å². The maximum Gasteiger partial charge on any atom is 0.229 e. The van der Waals surface area contributed by atoms with Crippen molar-refractivity contribution in [1.29, 1.82) is 0 Å². The lowest BCUT2D eigenvalue weighted by atomic mass is 10.1. The second-order valence-electron chi connectivity index (χ2n) is 6.79. The monoisotopic (exact) mass is 440 g/mol. The van der Waals surface area contributed by atoms with Crippen LogP contribution < -0.4 is 16.0 Å². The minimum atomic E-state index is -0.332. The molecule has 3 N–H and O–H groups in total. The van der Waals surface area contributed by atoms with Crippen molar-refractivity contribution in [3.63, 3.8) is 0 Å². The van der Waals surface area contributed by atoms with Crippen LogP contribution in [0.2, 0.25) is 0 Å². The van der Waals surface area contributed by atoms with E-state index in [9.17, 15) is 8.78 Å². The number of anilines is 2. The number of nitrogens with zero attached hydrogens (tertiary/aromatic N) is 3. The predicted octanol–water partition coefficient (Wildman–Crippen LogP) is 4.37. The number of aromatic nitrogens is 2. The van der Waals surface area contributed by atoms with E-state index in [1.807, 2.05) is 19.9 Å². The van der Waals surface area contributed by atoms with E-state index in [1.54, 1.807) is 24.3 Å². The Balaban J connectivity index is 1.71. The van der Waals surface area contributed by atoms with Gasteiger partial charge in [-0.1, -0.05) is 12.1 Å². The summed E-state index contributed by atoms with van der Waals surface area (Å²) >= 11 is 5.35. The largest absolute Gasteiger partial charge is 0.332 e. The molecule has 0 aliphatic rings. The molecule has 9 heteroatoms. The molecule has 1 aromatic heterocycles. The molecule has 0 saturated carbocycles. The Morgan fingerprint density at radius 3 is 2.10 bits per heavy atom. The van der Waals surface area contributed by atoms with Crippen LogP contribution in [0.15, 0.2) is 59.6 Å². The van der Waals surface area contributed by atoms with E-state index in [1.165, 1.54) is 24.3 Å². The summed E-state index contributed by atoms with van der Waals surface area (Å²) in [5.74, 6) is 0.128. The minimum absolute atomic E-state index is 0.268. The van der Waals surface area contributed by atoms with Crippen molar-refractivity contribution in [2.24, 2.45) is 4.99 Å². The van der Waals surface area contributed by atoms with E-state index < -0.39 is 0 Å². The maximum absolute atomic E-state index is 13.1. The summed E-state index contributed by atoms with van der Waals surface area (Å²) in [4.78, 5) is 13.2. The van der Waals surface area contributed by atoms with Gasteiger partial charge < -0.3 is 10.6 Å². The number of aryl methyl sites for hydroxylation is 2. The second kappa shape index (κ2) is 10.5. The number of guanidine groups is 1. The first-order valence-corrected chi connectivity index (χ1v) is 10.00. The molecule has 2 aromatic carbocycles. The van der Waals surface area contributed by atoms with Gasteiger partial charge in [0.2, 0.25) is 11.9 Å². The van der Waals surface area contributed by atoms with E-state index in [-0.39, 0.29) is 16.7 Å². The molecule has 0 bridgehead atoms. The molecule has 0 unspecified atom stereocenters. The van der Waals surface area contributed by atoms with E-state index in [2.05, 4.69) is 30.9 Å². The number of thiocarbonyl (C=S) groups is 1. The van der Waals surface area contributed by atoms with Crippen LogP contribution in [0.1, 0.15) is 17.0 Å². The Hall–Kier alpha value is -3.46. The molecule has 0 radical (unpaired) electrons. The number of rotatable bonds is 5. The third kappa shape index (κ3) is 7.38. The summed E-state index contributed by atoms with van der Waals surface area (Å²) in [6.45, 7) is 4.17. The molecular weight excluding hydrogens is 418 g/mol. The average molecular weight is 441 g/mol. The van der Waals surface area contributed by atoms with E-state index in [0.717, 1.165) is 17.0 Å². The fraction of sp³-hybridized carbons (Fsp3) is 0.182. The number of benzene rings is 2. The van der Waals surface area contributed by atoms with Gasteiger partial charge in [0.1, 0.15) is 11.6 Å². The highest BCUT2D eigenvalue weighted by Crippen LogP contribution is 2.09. The lowest BCUT2D eigenvalue weighted by Crippen LogP contribution is -2.39. The van der Waals surface area contributed by atoms with Crippen LogP contribution in [-0.2, 0) is 6.42 Å². The molecule has 0 spiro atoms. The molecule has 0 aliphatic carbocycles. The van der Waals surface area contributed by atoms with Gasteiger partial charge in [-0.2, -0.15) is 0 Å². The van der Waals surface area contributed by atoms with Gasteiger partial charge in [-0.15, -0.1) is 0 Å². The third-order valence-electron chi connectivity index (χ3n) is 4.13. The molecule has 160 valence electrons. The van der Waals surface area contributed by atoms with Crippen molar-refractivity contribution in [2.45, 2.75) is 20.3 Å². The first-order valence-electron chi connectivity index (χ1n) is 9.59. The Bertz CT molecular complexity index is 1050. The molecule has 0 aliphatic heterocycles. The summed E-state index contributed by atoms with van der Waals surface area (Å²) in [6, 6.07) is 14.0. The summed E-state index contributed by atoms with van der Waals surface area (Å²) in [6.07, 6.45) is 0.610. The fourth-order valence-corrected chi connectivity index (χ4v) is 2.96. The first kappa shape index (κ1) is 22.2.